The zero-order chi connectivity index (χ0) is 12.9. The first kappa shape index (κ1) is 15.2. The molecule has 0 aliphatic rings. The number of rotatable bonds is 8. The second-order valence-corrected chi connectivity index (χ2v) is 3.63. The van der Waals surface area contributed by atoms with E-state index in [1.807, 2.05) is 20.0 Å². The van der Waals surface area contributed by atoms with Crippen LogP contribution in [0.15, 0.2) is 54.2 Å². The Morgan fingerprint density at radius 2 is 2.00 bits per heavy atom. The Labute approximate surface area is 105 Å². The molecule has 2 N–H and O–H groups in total. The van der Waals surface area contributed by atoms with E-state index in [-0.39, 0.29) is 0 Å². The van der Waals surface area contributed by atoms with Crippen molar-refractivity contribution in [3.8, 4) is 0 Å². The molecule has 1 unspecified atom stereocenters. The predicted octanol–water partition coefficient (Wildman–Crippen LogP) is 3.31. The van der Waals surface area contributed by atoms with Crippen LogP contribution in [0, 0.1) is 5.92 Å². The lowest BCUT2D eigenvalue weighted by Crippen LogP contribution is -2.16. The molecule has 1 atom stereocenters. The third-order valence-corrected chi connectivity index (χ3v) is 1.99. The van der Waals surface area contributed by atoms with Crippen molar-refractivity contribution in [3.05, 3.63) is 49.2 Å². The summed E-state index contributed by atoms with van der Waals surface area (Å²) < 4.78 is 0. The van der Waals surface area contributed by atoms with E-state index in [1.54, 1.807) is 18.6 Å². The molecule has 3 heteroatoms. The minimum absolute atomic E-state index is 0.520. The van der Waals surface area contributed by atoms with Gasteiger partial charge in [0.05, 0.1) is 5.82 Å². The fourth-order valence-electron chi connectivity index (χ4n) is 1.05. The third kappa shape index (κ3) is 10.5. The maximum Gasteiger partial charge on any atom is 0.0993 e. The monoisotopic (exact) mass is 233 g/mol. The summed E-state index contributed by atoms with van der Waals surface area (Å²) in [7, 11) is 0. The topological polar surface area (TPSA) is 36.4 Å². The summed E-state index contributed by atoms with van der Waals surface area (Å²) in [4.78, 5) is 3.92. The summed E-state index contributed by atoms with van der Waals surface area (Å²) >= 11 is 0. The first-order valence-electron chi connectivity index (χ1n) is 5.83. The molecule has 0 saturated heterocycles. The Morgan fingerprint density at radius 1 is 1.29 bits per heavy atom. The molecule has 0 amide bonds. The Balaban J connectivity index is 3.79. The summed E-state index contributed by atoms with van der Waals surface area (Å²) in [6, 6.07) is 0. The van der Waals surface area contributed by atoms with E-state index in [0.29, 0.717) is 5.92 Å². The summed E-state index contributed by atoms with van der Waals surface area (Å²) in [5.74, 6) is 1.24. The van der Waals surface area contributed by atoms with E-state index in [0.717, 1.165) is 12.2 Å². The first-order chi connectivity index (χ1) is 8.20. The van der Waals surface area contributed by atoms with Gasteiger partial charge in [0.15, 0.2) is 0 Å². The van der Waals surface area contributed by atoms with Gasteiger partial charge in [0.1, 0.15) is 0 Å². The van der Waals surface area contributed by atoms with Gasteiger partial charge in [-0.2, -0.15) is 0 Å². The summed E-state index contributed by atoms with van der Waals surface area (Å²) in [6.07, 6.45) is 14.4. The molecule has 3 nitrogen and oxygen atoms in total. The fraction of sp³-hybridized carbons (Fsp3) is 0.357. The van der Waals surface area contributed by atoms with Crippen molar-refractivity contribution in [2.45, 2.75) is 27.2 Å². The van der Waals surface area contributed by atoms with Crippen molar-refractivity contribution in [2.24, 2.45) is 10.9 Å². The van der Waals surface area contributed by atoms with Gasteiger partial charge in [-0.1, -0.05) is 31.7 Å². The quantitative estimate of drug-likeness (QED) is 0.498. The van der Waals surface area contributed by atoms with Gasteiger partial charge in [-0.25, -0.2) is 0 Å². The molecule has 0 aliphatic heterocycles. The first-order valence-corrected chi connectivity index (χ1v) is 5.83. The van der Waals surface area contributed by atoms with Gasteiger partial charge in [0.25, 0.3) is 0 Å². The van der Waals surface area contributed by atoms with Gasteiger partial charge in [-0.05, 0) is 32.4 Å². The van der Waals surface area contributed by atoms with Crippen LogP contribution >= 0.6 is 0 Å². The maximum atomic E-state index is 3.92. The molecule has 94 valence electrons. The van der Waals surface area contributed by atoms with Crippen LogP contribution in [0.4, 0.5) is 0 Å². The van der Waals surface area contributed by atoms with E-state index in [1.165, 1.54) is 0 Å². The molecule has 0 fully saturated rings. The zero-order valence-corrected chi connectivity index (χ0v) is 11.0. The number of nitrogens with one attached hydrogen (secondary N) is 2. The molecule has 0 heterocycles. The highest BCUT2D eigenvalue weighted by atomic mass is 15.1. The lowest BCUT2D eigenvalue weighted by Gasteiger charge is -2.05. The predicted molar refractivity (Wildman–Crippen MR) is 76.5 cm³/mol. The molecule has 0 aromatic heterocycles. The van der Waals surface area contributed by atoms with Crippen LogP contribution < -0.4 is 10.6 Å². The highest BCUT2D eigenvalue weighted by Crippen LogP contribution is 2.03. The van der Waals surface area contributed by atoms with Crippen LogP contribution in [-0.4, -0.2) is 6.21 Å². The van der Waals surface area contributed by atoms with E-state index in [9.17, 15) is 0 Å². The standard InChI is InChI=1S/C14H23N3/c1-5-7-8-13(3)9-10-16-14(4)17-12-11-15-6-2/h5-7,9-13,16-17H,4,8H2,1-3H3/b7-5+,10-9-,12-11-,15-6?. The van der Waals surface area contributed by atoms with E-state index in [4.69, 9.17) is 0 Å². The minimum Gasteiger partial charge on any atom is -0.349 e. The summed E-state index contributed by atoms with van der Waals surface area (Å²) in [6.45, 7) is 9.89. The van der Waals surface area contributed by atoms with Crippen LogP contribution in [0.5, 0.6) is 0 Å². The lowest BCUT2D eigenvalue weighted by atomic mass is 10.1. The molecule has 0 aromatic rings. The number of hydrogen-bond acceptors (Lipinski definition) is 3. The largest absolute Gasteiger partial charge is 0.349 e. The Kier molecular flexibility index (Phi) is 9.62. The number of hydrogen-bond donors (Lipinski definition) is 2. The summed E-state index contributed by atoms with van der Waals surface area (Å²) in [5.41, 5.74) is 0. The molecule has 0 spiro atoms. The van der Waals surface area contributed by atoms with Crippen molar-refractivity contribution in [3.63, 3.8) is 0 Å². The van der Waals surface area contributed by atoms with Gasteiger partial charge >= 0.3 is 0 Å². The van der Waals surface area contributed by atoms with E-state index >= 15 is 0 Å². The molecule has 0 aromatic carbocycles. The fourth-order valence-corrected chi connectivity index (χ4v) is 1.05. The number of aliphatic imine (C=N–C) groups is 1. The minimum atomic E-state index is 0.520. The van der Waals surface area contributed by atoms with Crippen LogP contribution in [0.2, 0.25) is 0 Å². The lowest BCUT2D eigenvalue weighted by molar-refractivity contribution is 0.736. The average Bonchev–Trinajstić information content (AvgIpc) is 2.32. The highest BCUT2D eigenvalue weighted by Gasteiger charge is 1.91. The Hall–Kier alpha value is -1.77. The van der Waals surface area contributed by atoms with Crippen LogP contribution in [0.25, 0.3) is 0 Å². The van der Waals surface area contributed by atoms with E-state index < -0.39 is 0 Å². The molecule has 17 heavy (non-hydrogen) atoms. The second-order valence-electron chi connectivity index (χ2n) is 3.63. The van der Waals surface area contributed by atoms with Crippen LogP contribution in [0.1, 0.15) is 27.2 Å². The van der Waals surface area contributed by atoms with Gasteiger partial charge < -0.3 is 10.6 Å². The van der Waals surface area contributed by atoms with Gasteiger partial charge in [-0.3, -0.25) is 4.99 Å². The van der Waals surface area contributed by atoms with Crippen LogP contribution in [-0.2, 0) is 0 Å². The Morgan fingerprint density at radius 3 is 2.65 bits per heavy atom. The molecule has 0 aliphatic carbocycles. The molecular weight excluding hydrogens is 210 g/mol. The number of nitrogens with zero attached hydrogens (tertiary/aromatic N) is 1. The second kappa shape index (κ2) is 10.7. The molecule has 0 bridgehead atoms. The average molecular weight is 233 g/mol. The normalized spacial score (nSPS) is 14.1. The van der Waals surface area contributed by atoms with Crippen molar-refractivity contribution < 1.29 is 0 Å². The summed E-state index contributed by atoms with van der Waals surface area (Å²) in [5, 5.41) is 6.02. The number of allylic oxidation sites excluding steroid dienone is 3. The van der Waals surface area contributed by atoms with Gasteiger partial charge in [0, 0.05) is 18.6 Å². The molecule has 0 saturated carbocycles. The third-order valence-electron chi connectivity index (χ3n) is 1.99. The van der Waals surface area contributed by atoms with Gasteiger partial charge in [-0.15, -0.1) is 0 Å². The van der Waals surface area contributed by atoms with Crippen molar-refractivity contribution in [1.29, 1.82) is 0 Å². The van der Waals surface area contributed by atoms with Crippen molar-refractivity contribution in [2.75, 3.05) is 0 Å². The van der Waals surface area contributed by atoms with Gasteiger partial charge in [0.2, 0.25) is 0 Å². The molecular formula is C14H23N3. The smallest absolute Gasteiger partial charge is 0.0993 e. The SMILES string of the molecule is C=C(N/C=C\N=CC)N/C=C\C(C)C/C=C/C. The van der Waals surface area contributed by atoms with E-state index in [2.05, 4.69) is 47.4 Å². The Bertz CT molecular complexity index is 311. The molecule has 0 radical (unpaired) electrons. The van der Waals surface area contributed by atoms with Crippen LogP contribution in [0.3, 0.4) is 0 Å². The maximum absolute atomic E-state index is 3.92. The zero-order valence-electron chi connectivity index (χ0n) is 11.0. The molecule has 0 rings (SSSR count). The highest BCUT2D eigenvalue weighted by molar-refractivity contribution is 5.54. The van der Waals surface area contributed by atoms with Crippen molar-refractivity contribution in [1.82, 2.24) is 10.6 Å². The van der Waals surface area contributed by atoms with Crippen molar-refractivity contribution >= 4 is 6.21 Å².